The summed E-state index contributed by atoms with van der Waals surface area (Å²) in [6, 6.07) is 9.50. The van der Waals surface area contributed by atoms with Gasteiger partial charge >= 0.3 is 0 Å². The van der Waals surface area contributed by atoms with Crippen LogP contribution in [0.15, 0.2) is 47.6 Å². The van der Waals surface area contributed by atoms with Crippen LogP contribution in [0.3, 0.4) is 0 Å². The number of benzene rings is 1. The summed E-state index contributed by atoms with van der Waals surface area (Å²) in [5.74, 6) is 1.87. The molecule has 1 amide bonds. The topological polar surface area (TPSA) is 60.5 Å². The van der Waals surface area contributed by atoms with E-state index < -0.39 is 0 Å². The zero-order valence-corrected chi connectivity index (χ0v) is 12.8. The van der Waals surface area contributed by atoms with E-state index in [1.165, 1.54) is 11.8 Å². The van der Waals surface area contributed by atoms with Crippen LogP contribution < -0.4 is 14.8 Å². The molecule has 22 heavy (non-hydrogen) atoms. The molecule has 114 valence electrons. The van der Waals surface area contributed by atoms with Gasteiger partial charge in [-0.1, -0.05) is 0 Å². The summed E-state index contributed by atoms with van der Waals surface area (Å²) in [5.41, 5.74) is 1.03. The monoisotopic (exact) mass is 316 g/mol. The zero-order valence-electron chi connectivity index (χ0n) is 12.0. The molecular formula is C16H16N2O3S. The van der Waals surface area contributed by atoms with E-state index in [1.54, 1.807) is 12.4 Å². The van der Waals surface area contributed by atoms with E-state index in [2.05, 4.69) is 10.3 Å². The summed E-state index contributed by atoms with van der Waals surface area (Å²) in [6.45, 7) is 1.66. The number of rotatable bonds is 5. The maximum absolute atomic E-state index is 11.9. The van der Waals surface area contributed by atoms with Gasteiger partial charge in [-0.2, -0.15) is 0 Å². The van der Waals surface area contributed by atoms with Crippen LogP contribution >= 0.6 is 11.8 Å². The largest absolute Gasteiger partial charge is 0.486 e. The van der Waals surface area contributed by atoms with E-state index in [9.17, 15) is 4.79 Å². The van der Waals surface area contributed by atoms with Gasteiger partial charge in [0.05, 0.1) is 5.75 Å². The Labute approximate surface area is 133 Å². The molecule has 0 fully saturated rings. The van der Waals surface area contributed by atoms with E-state index in [4.69, 9.17) is 9.47 Å². The molecular weight excluding hydrogens is 300 g/mol. The molecule has 0 atom stereocenters. The lowest BCUT2D eigenvalue weighted by Crippen LogP contribution is -2.24. The second-order valence-corrected chi connectivity index (χ2v) is 5.78. The van der Waals surface area contributed by atoms with Crippen LogP contribution in [0.5, 0.6) is 11.5 Å². The van der Waals surface area contributed by atoms with Crippen LogP contribution in [0, 0.1) is 0 Å². The molecule has 6 heteroatoms. The number of aromatic nitrogens is 1. The minimum atomic E-state index is -0.00305. The number of ether oxygens (including phenoxy) is 2. The summed E-state index contributed by atoms with van der Waals surface area (Å²) >= 11 is 1.48. The third-order valence-corrected chi connectivity index (χ3v) is 4.12. The van der Waals surface area contributed by atoms with Crippen LogP contribution in [0.2, 0.25) is 0 Å². The van der Waals surface area contributed by atoms with E-state index in [1.807, 2.05) is 30.3 Å². The van der Waals surface area contributed by atoms with E-state index in [0.29, 0.717) is 25.5 Å². The number of thioether (sulfide) groups is 1. The smallest absolute Gasteiger partial charge is 0.230 e. The van der Waals surface area contributed by atoms with Crippen molar-refractivity contribution in [3.63, 3.8) is 0 Å². The van der Waals surface area contributed by atoms with Crippen LogP contribution in [0.25, 0.3) is 0 Å². The average molecular weight is 316 g/mol. The molecule has 1 aliphatic rings. The molecule has 0 radical (unpaired) electrons. The van der Waals surface area contributed by atoms with Gasteiger partial charge in [-0.05, 0) is 35.9 Å². The highest BCUT2D eigenvalue weighted by atomic mass is 32.2. The van der Waals surface area contributed by atoms with E-state index >= 15 is 0 Å². The molecule has 0 saturated carbocycles. The summed E-state index contributed by atoms with van der Waals surface area (Å²) in [6.07, 6.45) is 3.43. The average Bonchev–Trinajstić information content (AvgIpc) is 2.59. The number of carbonyl (C=O) groups excluding carboxylic acids is 1. The second-order valence-electron chi connectivity index (χ2n) is 4.73. The first-order valence-electron chi connectivity index (χ1n) is 6.99. The van der Waals surface area contributed by atoms with E-state index in [0.717, 1.165) is 22.0 Å². The maximum Gasteiger partial charge on any atom is 0.230 e. The predicted molar refractivity (Wildman–Crippen MR) is 84.2 cm³/mol. The number of nitrogens with one attached hydrogen (secondary N) is 1. The number of hydrogen-bond acceptors (Lipinski definition) is 5. The van der Waals surface area contributed by atoms with Crippen LogP contribution in [-0.4, -0.2) is 29.9 Å². The molecule has 0 bridgehead atoms. The third kappa shape index (κ3) is 3.92. The van der Waals surface area contributed by atoms with Gasteiger partial charge in [0, 0.05) is 23.8 Å². The van der Waals surface area contributed by atoms with Gasteiger partial charge in [-0.25, -0.2) is 0 Å². The lowest BCUT2D eigenvalue weighted by molar-refractivity contribution is -0.118. The number of hydrogen-bond donors (Lipinski definition) is 1. The number of fused-ring (bicyclic) bond motifs is 1. The van der Waals surface area contributed by atoms with Gasteiger partial charge in [-0.15, -0.1) is 11.8 Å². The highest BCUT2D eigenvalue weighted by molar-refractivity contribution is 8.00. The Morgan fingerprint density at radius 2 is 1.91 bits per heavy atom. The molecule has 3 rings (SSSR count). The van der Waals surface area contributed by atoms with Crippen molar-refractivity contribution in [1.82, 2.24) is 10.3 Å². The fourth-order valence-electron chi connectivity index (χ4n) is 2.01. The lowest BCUT2D eigenvalue weighted by atomic mass is 10.3. The SMILES string of the molecule is O=C(CSc1ccc2c(c1)OCCO2)NCc1ccncc1. The van der Waals surface area contributed by atoms with Crippen molar-refractivity contribution in [3.05, 3.63) is 48.3 Å². The summed E-state index contributed by atoms with van der Waals surface area (Å²) in [4.78, 5) is 16.8. The van der Waals surface area contributed by atoms with Crippen molar-refractivity contribution in [2.24, 2.45) is 0 Å². The van der Waals surface area contributed by atoms with Crippen molar-refractivity contribution in [2.75, 3.05) is 19.0 Å². The van der Waals surface area contributed by atoms with Gasteiger partial charge in [-0.3, -0.25) is 9.78 Å². The molecule has 1 aliphatic heterocycles. The fraction of sp³-hybridized carbons (Fsp3) is 0.250. The molecule has 0 aliphatic carbocycles. The highest BCUT2D eigenvalue weighted by Crippen LogP contribution is 2.34. The first-order chi connectivity index (χ1) is 10.8. The van der Waals surface area contributed by atoms with Crippen LogP contribution in [-0.2, 0) is 11.3 Å². The Balaban J connectivity index is 1.48. The number of pyridine rings is 1. The Morgan fingerprint density at radius 1 is 1.14 bits per heavy atom. The van der Waals surface area contributed by atoms with Crippen LogP contribution in [0.4, 0.5) is 0 Å². The minimum Gasteiger partial charge on any atom is -0.486 e. The Hall–Kier alpha value is -2.21. The molecule has 1 N–H and O–H groups in total. The van der Waals surface area contributed by atoms with E-state index in [-0.39, 0.29) is 5.91 Å². The molecule has 0 spiro atoms. The van der Waals surface area contributed by atoms with Gasteiger partial charge in [0.25, 0.3) is 0 Å². The number of amides is 1. The first kappa shape index (κ1) is 14.7. The zero-order chi connectivity index (χ0) is 15.2. The summed E-state index contributed by atoms with van der Waals surface area (Å²) in [7, 11) is 0. The van der Waals surface area contributed by atoms with Crippen LogP contribution in [0.1, 0.15) is 5.56 Å². The van der Waals surface area contributed by atoms with Crippen molar-refractivity contribution in [1.29, 1.82) is 0 Å². The molecule has 1 aromatic carbocycles. The molecule has 2 heterocycles. The van der Waals surface area contributed by atoms with Crippen molar-refractivity contribution in [2.45, 2.75) is 11.4 Å². The Bertz CT molecular complexity index is 649. The molecule has 2 aromatic rings. The minimum absolute atomic E-state index is 0.00305. The lowest BCUT2D eigenvalue weighted by Gasteiger charge is -2.18. The number of nitrogens with zero attached hydrogens (tertiary/aromatic N) is 1. The number of carbonyl (C=O) groups is 1. The van der Waals surface area contributed by atoms with Crippen molar-refractivity contribution < 1.29 is 14.3 Å². The Morgan fingerprint density at radius 3 is 2.73 bits per heavy atom. The quantitative estimate of drug-likeness (QED) is 0.858. The van der Waals surface area contributed by atoms with Crippen molar-refractivity contribution >= 4 is 17.7 Å². The third-order valence-electron chi connectivity index (χ3n) is 3.12. The second kappa shape index (κ2) is 7.17. The summed E-state index contributed by atoms with van der Waals surface area (Å²) < 4.78 is 11.0. The fourth-order valence-corrected chi connectivity index (χ4v) is 2.77. The summed E-state index contributed by atoms with van der Waals surface area (Å²) in [5, 5.41) is 2.89. The normalized spacial score (nSPS) is 12.7. The molecule has 5 nitrogen and oxygen atoms in total. The maximum atomic E-state index is 11.9. The predicted octanol–water partition coefficient (Wildman–Crippen LogP) is 2.26. The van der Waals surface area contributed by atoms with Crippen molar-refractivity contribution in [3.8, 4) is 11.5 Å². The first-order valence-corrected chi connectivity index (χ1v) is 7.98. The standard InChI is InChI=1S/C16H16N2O3S/c19-16(18-10-12-3-5-17-6-4-12)11-22-13-1-2-14-15(9-13)21-8-7-20-14/h1-6,9H,7-8,10-11H2,(H,18,19). The molecule has 0 saturated heterocycles. The van der Waals surface area contributed by atoms with Gasteiger partial charge in [0.2, 0.25) is 5.91 Å². The molecule has 0 unspecified atom stereocenters. The van der Waals surface area contributed by atoms with Gasteiger partial charge in [0.15, 0.2) is 11.5 Å². The molecule has 1 aromatic heterocycles. The highest BCUT2D eigenvalue weighted by Gasteiger charge is 2.12. The van der Waals surface area contributed by atoms with Gasteiger partial charge in [0.1, 0.15) is 13.2 Å². The van der Waals surface area contributed by atoms with Gasteiger partial charge < -0.3 is 14.8 Å². The Kier molecular flexibility index (Phi) is 4.80.